The van der Waals surface area contributed by atoms with E-state index in [4.69, 9.17) is 4.74 Å². The van der Waals surface area contributed by atoms with E-state index in [0.717, 1.165) is 23.8 Å². The smallest absolute Gasteiger partial charge is 0.349 e. The monoisotopic (exact) mass is 356 g/mol. The summed E-state index contributed by atoms with van der Waals surface area (Å²) < 4.78 is 47.1. The average molecular weight is 356 g/mol. The zero-order valence-electron chi connectivity index (χ0n) is 14.1. The molecule has 0 saturated heterocycles. The third-order valence-corrected chi connectivity index (χ3v) is 3.98. The highest BCUT2D eigenvalue weighted by atomic mass is 19.1. The van der Waals surface area contributed by atoms with Crippen LogP contribution in [0.15, 0.2) is 54.6 Å². The third kappa shape index (κ3) is 3.61. The Balaban J connectivity index is 1.91. The van der Waals surface area contributed by atoms with Crippen LogP contribution in [0.3, 0.4) is 0 Å². The topological polar surface area (TPSA) is 26.3 Å². The van der Waals surface area contributed by atoms with Crippen molar-refractivity contribution in [3.63, 3.8) is 0 Å². The van der Waals surface area contributed by atoms with Gasteiger partial charge in [-0.05, 0) is 48.7 Å². The molecular formula is C21H15F3O2. The molecule has 0 aliphatic carbocycles. The first-order chi connectivity index (χ1) is 12.3. The molecule has 0 fully saturated rings. The summed E-state index contributed by atoms with van der Waals surface area (Å²) >= 11 is 0. The number of benzene rings is 3. The summed E-state index contributed by atoms with van der Waals surface area (Å²) in [6.45, 7) is 3.45. The van der Waals surface area contributed by atoms with Crippen molar-refractivity contribution in [3.05, 3.63) is 88.7 Å². The van der Waals surface area contributed by atoms with Gasteiger partial charge in [-0.1, -0.05) is 35.9 Å². The minimum atomic E-state index is -1.22. The van der Waals surface area contributed by atoms with Gasteiger partial charge in [-0.25, -0.2) is 18.0 Å². The molecule has 0 aromatic heterocycles. The SMILES string of the molecule is Cc1ccc(-c2cc(F)c(C(=O)Oc3ccc(C)c(F)c3)c(F)c2)cc1. The highest BCUT2D eigenvalue weighted by molar-refractivity contribution is 5.92. The maximum absolute atomic E-state index is 14.4. The molecule has 3 aromatic carbocycles. The van der Waals surface area contributed by atoms with Gasteiger partial charge in [0, 0.05) is 6.07 Å². The van der Waals surface area contributed by atoms with Crippen molar-refractivity contribution in [2.24, 2.45) is 0 Å². The predicted octanol–water partition coefficient (Wildman–Crippen LogP) is 5.61. The van der Waals surface area contributed by atoms with Crippen molar-refractivity contribution >= 4 is 5.97 Å². The molecule has 2 nitrogen and oxygen atoms in total. The summed E-state index contributed by atoms with van der Waals surface area (Å²) in [5.74, 6) is -4.01. The molecule has 3 aromatic rings. The van der Waals surface area contributed by atoms with E-state index in [1.807, 2.05) is 19.1 Å². The van der Waals surface area contributed by atoms with Gasteiger partial charge in [-0.15, -0.1) is 0 Å². The van der Waals surface area contributed by atoms with Crippen LogP contribution in [-0.4, -0.2) is 5.97 Å². The van der Waals surface area contributed by atoms with E-state index in [0.29, 0.717) is 16.7 Å². The number of carbonyl (C=O) groups excluding carboxylic acids is 1. The van der Waals surface area contributed by atoms with Crippen molar-refractivity contribution in [1.82, 2.24) is 0 Å². The van der Waals surface area contributed by atoms with E-state index in [1.54, 1.807) is 19.1 Å². The predicted molar refractivity (Wildman–Crippen MR) is 92.6 cm³/mol. The third-order valence-electron chi connectivity index (χ3n) is 3.98. The summed E-state index contributed by atoms with van der Waals surface area (Å²) in [6, 6.07) is 13.0. The van der Waals surface area contributed by atoms with Crippen LogP contribution >= 0.6 is 0 Å². The van der Waals surface area contributed by atoms with Gasteiger partial charge in [0.1, 0.15) is 28.8 Å². The van der Waals surface area contributed by atoms with Gasteiger partial charge in [-0.2, -0.15) is 0 Å². The van der Waals surface area contributed by atoms with Gasteiger partial charge in [0.2, 0.25) is 0 Å². The molecule has 0 radical (unpaired) electrons. The Labute approximate surface area is 148 Å². The van der Waals surface area contributed by atoms with Crippen molar-refractivity contribution in [1.29, 1.82) is 0 Å². The van der Waals surface area contributed by atoms with Crippen molar-refractivity contribution in [2.45, 2.75) is 13.8 Å². The zero-order valence-corrected chi connectivity index (χ0v) is 14.1. The zero-order chi connectivity index (χ0) is 18.8. The Bertz CT molecular complexity index is 956. The van der Waals surface area contributed by atoms with E-state index < -0.39 is 29.0 Å². The molecular weight excluding hydrogens is 341 g/mol. The lowest BCUT2D eigenvalue weighted by atomic mass is 10.0. The van der Waals surface area contributed by atoms with Crippen LogP contribution in [0, 0.1) is 31.3 Å². The van der Waals surface area contributed by atoms with Crippen LogP contribution in [0.5, 0.6) is 5.75 Å². The van der Waals surface area contributed by atoms with Crippen molar-refractivity contribution in [2.75, 3.05) is 0 Å². The molecule has 0 aliphatic rings. The molecule has 0 N–H and O–H groups in total. The summed E-state index contributed by atoms with van der Waals surface area (Å²) in [5, 5.41) is 0. The lowest BCUT2D eigenvalue weighted by Gasteiger charge is -2.09. The number of ether oxygens (including phenoxy) is 1. The Morgan fingerprint density at radius 1 is 0.769 bits per heavy atom. The van der Waals surface area contributed by atoms with E-state index in [2.05, 4.69) is 0 Å². The molecule has 0 amide bonds. The lowest BCUT2D eigenvalue weighted by Crippen LogP contribution is -2.13. The van der Waals surface area contributed by atoms with Crippen LogP contribution < -0.4 is 4.74 Å². The number of halogens is 3. The second-order valence-corrected chi connectivity index (χ2v) is 5.98. The van der Waals surface area contributed by atoms with E-state index >= 15 is 0 Å². The highest BCUT2D eigenvalue weighted by Crippen LogP contribution is 2.26. The average Bonchev–Trinajstić information content (AvgIpc) is 2.58. The molecule has 0 atom stereocenters. The van der Waals surface area contributed by atoms with Crippen molar-refractivity contribution in [3.8, 4) is 16.9 Å². The maximum Gasteiger partial charge on any atom is 0.349 e. The van der Waals surface area contributed by atoms with Gasteiger partial charge in [0.25, 0.3) is 0 Å². The standard InChI is InChI=1S/C21H15F3O2/c1-12-3-6-14(7-4-12)15-9-18(23)20(19(24)10-15)21(25)26-16-8-5-13(2)17(22)11-16/h3-11H,1-2H3. The number of aryl methyl sites for hydroxylation is 2. The van der Waals surface area contributed by atoms with Gasteiger partial charge < -0.3 is 4.74 Å². The molecule has 26 heavy (non-hydrogen) atoms. The number of hydrogen-bond donors (Lipinski definition) is 0. The van der Waals surface area contributed by atoms with Crippen LogP contribution in [-0.2, 0) is 0 Å². The highest BCUT2D eigenvalue weighted by Gasteiger charge is 2.21. The van der Waals surface area contributed by atoms with Gasteiger partial charge in [-0.3, -0.25) is 0 Å². The number of carbonyl (C=O) groups is 1. The lowest BCUT2D eigenvalue weighted by molar-refractivity contribution is 0.0724. The Morgan fingerprint density at radius 3 is 1.96 bits per heavy atom. The van der Waals surface area contributed by atoms with E-state index in [1.165, 1.54) is 12.1 Å². The minimum absolute atomic E-state index is 0.125. The quantitative estimate of drug-likeness (QED) is 0.451. The van der Waals surface area contributed by atoms with E-state index in [9.17, 15) is 18.0 Å². The second kappa shape index (κ2) is 7.04. The Morgan fingerprint density at radius 2 is 1.38 bits per heavy atom. The summed E-state index contributed by atoms with van der Waals surface area (Å²) in [7, 11) is 0. The second-order valence-electron chi connectivity index (χ2n) is 5.98. The summed E-state index contributed by atoms with van der Waals surface area (Å²) in [6.07, 6.45) is 0. The molecule has 3 rings (SSSR count). The molecule has 0 saturated carbocycles. The Hall–Kier alpha value is -3.08. The first kappa shape index (κ1) is 17.7. The Kier molecular flexibility index (Phi) is 4.80. The molecule has 0 bridgehead atoms. The number of esters is 1. The fourth-order valence-corrected chi connectivity index (χ4v) is 2.48. The summed E-state index contributed by atoms with van der Waals surface area (Å²) in [5.41, 5.74) is 1.48. The van der Waals surface area contributed by atoms with E-state index in [-0.39, 0.29) is 5.75 Å². The van der Waals surface area contributed by atoms with Gasteiger partial charge in [0.15, 0.2) is 0 Å². The van der Waals surface area contributed by atoms with Crippen LogP contribution in [0.2, 0.25) is 0 Å². The number of rotatable bonds is 3. The summed E-state index contributed by atoms with van der Waals surface area (Å²) in [4.78, 5) is 12.1. The largest absolute Gasteiger partial charge is 0.423 e. The molecule has 0 unspecified atom stereocenters. The number of hydrogen-bond acceptors (Lipinski definition) is 2. The molecule has 0 aliphatic heterocycles. The van der Waals surface area contributed by atoms with Gasteiger partial charge in [0.05, 0.1) is 0 Å². The van der Waals surface area contributed by atoms with Crippen LogP contribution in [0.25, 0.3) is 11.1 Å². The molecule has 0 heterocycles. The first-order valence-electron chi connectivity index (χ1n) is 7.89. The molecule has 132 valence electrons. The fraction of sp³-hybridized carbons (Fsp3) is 0.0952. The normalized spacial score (nSPS) is 10.7. The maximum atomic E-state index is 14.4. The fourth-order valence-electron chi connectivity index (χ4n) is 2.48. The van der Waals surface area contributed by atoms with Crippen LogP contribution in [0.1, 0.15) is 21.5 Å². The van der Waals surface area contributed by atoms with Crippen molar-refractivity contribution < 1.29 is 22.7 Å². The minimum Gasteiger partial charge on any atom is -0.423 e. The molecule has 0 spiro atoms. The molecule has 5 heteroatoms. The van der Waals surface area contributed by atoms with Crippen LogP contribution in [0.4, 0.5) is 13.2 Å². The first-order valence-corrected chi connectivity index (χ1v) is 7.89. The van der Waals surface area contributed by atoms with Gasteiger partial charge >= 0.3 is 5.97 Å².